The first-order valence-corrected chi connectivity index (χ1v) is 4.74. The Morgan fingerprint density at radius 1 is 1.50 bits per heavy atom. The van der Waals surface area contributed by atoms with Gasteiger partial charge >= 0.3 is 0 Å². The van der Waals surface area contributed by atoms with E-state index in [1.807, 2.05) is 0 Å². The minimum Gasteiger partial charge on any atom is -0.375 e. The summed E-state index contributed by atoms with van der Waals surface area (Å²) in [6.07, 6.45) is 2.55. The molecule has 1 saturated heterocycles. The average molecular weight is 200 g/mol. The molecule has 0 aliphatic carbocycles. The Morgan fingerprint density at radius 3 is 2.79 bits per heavy atom. The Morgan fingerprint density at radius 2 is 2.21 bits per heavy atom. The van der Waals surface area contributed by atoms with Crippen LogP contribution in [-0.4, -0.2) is 43.0 Å². The van der Waals surface area contributed by atoms with Crippen LogP contribution in [0.25, 0.3) is 0 Å². The monoisotopic (exact) mass is 200 g/mol. The number of carbonyl (C=O) groups excluding carboxylic acids is 2. The highest BCUT2D eigenvalue weighted by molar-refractivity contribution is 5.87. The summed E-state index contributed by atoms with van der Waals surface area (Å²) in [7, 11) is 1.46. The number of amides is 2. The zero-order chi connectivity index (χ0) is 10.6. The fourth-order valence-electron chi connectivity index (χ4n) is 1.73. The zero-order valence-electron chi connectivity index (χ0n) is 8.36. The van der Waals surface area contributed by atoms with Gasteiger partial charge in [0.05, 0.1) is 0 Å². The molecule has 0 aromatic heterocycles. The number of primary amides is 1. The Labute approximate surface area is 83.2 Å². The van der Waals surface area contributed by atoms with Gasteiger partial charge in [0.2, 0.25) is 11.8 Å². The molecule has 5 nitrogen and oxygen atoms in total. The van der Waals surface area contributed by atoms with E-state index in [4.69, 9.17) is 10.5 Å². The Bertz CT molecular complexity index is 230. The summed E-state index contributed by atoms with van der Waals surface area (Å²) in [5.74, 6) is -0.579. The van der Waals surface area contributed by atoms with Gasteiger partial charge in [-0.25, -0.2) is 0 Å². The summed E-state index contributed by atoms with van der Waals surface area (Å²) in [6.45, 7) is 0.625. The van der Waals surface area contributed by atoms with Crippen molar-refractivity contribution in [2.24, 2.45) is 5.73 Å². The predicted octanol–water partition coefficient (Wildman–Crippen LogP) is -0.501. The normalized spacial score (nSPS) is 22.1. The summed E-state index contributed by atoms with van der Waals surface area (Å²) in [5.41, 5.74) is 5.22. The third-order valence-electron chi connectivity index (χ3n) is 2.42. The fraction of sp³-hybridized carbons (Fsp3) is 0.778. The number of nitrogens with two attached hydrogens (primary N) is 1. The molecular formula is C9H16N2O3. The van der Waals surface area contributed by atoms with Crippen molar-refractivity contribution < 1.29 is 14.3 Å². The van der Waals surface area contributed by atoms with Crippen LogP contribution < -0.4 is 5.73 Å². The lowest BCUT2D eigenvalue weighted by atomic mass is 10.0. The van der Waals surface area contributed by atoms with Crippen molar-refractivity contribution >= 4 is 11.8 Å². The summed E-state index contributed by atoms with van der Waals surface area (Å²) < 4.78 is 4.74. The van der Waals surface area contributed by atoms with Gasteiger partial charge in [0.15, 0.2) is 0 Å². The number of carbonyl (C=O) groups is 2. The van der Waals surface area contributed by atoms with Crippen LogP contribution in [0, 0.1) is 0 Å². The number of methoxy groups -OCH3 is 1. The summed E-state index contributed by atoms with van der Waals surface area (Å²) >= 11 is 0. The van der Waals surface area contributed by atoms with Crippen molar-refractivity contribution in [1.29, 1.82) is 0 Å². The highest BCUT2D eigenvalue weighted by Crippen LogP contribution is 2.16. The minimum absolute atomic E-state index is 0.0176. The lowest BCUT2D eigenvalue weighted by Gasteiger charge is -2.33. The average Bonchev–Trinajstić information content (AvgIpc) is 2.18. The molecule has 2 amide bonds. The van der Waals surface area contributed by atoms with Crippen LogP contribution >= 0.6 is 0 Å². The highest BCUT2D eigenvalue weighted by Gasteiger charge is 2.30. The molecule has 0 aromatic rings. The molecule has 1 unspecified atom stereocenters. The predicted molar refractivity (Wildman–Crippen MR) is 50.4 cm³/mol. The number of ether oxygens (including phenoxy) is 1. The molecule has 1 heterocycles. The molecule has 80 valence electrons. The van der Waals surface area contributed by atoms with E-state index in [1.54, 1.807) is 0 Å². The third kappa shape index (κ3) is 2.45. The molecule has 0 bridgehead atoms. The van der Waals surface area contributed by atoms with E-state index in [-0.39, 0.29) is 12.5 Å². The zero-order valence-corrected chi connectivity index (χ0v) is 8.36. The molecule has 2 N–H and O–H groups in total. The van der Waals surface area contributed by atoms with Gasteiger partial charge in [0, 0.05) is 13.7 Å². The van der Waals surface area contributed by atoms with E-state index in [2.05, 4.69) is 0 Å². The molecule has 0 spiro atoms. The van der Waals surface area contributed by atoms with Gasteiger partial charge in [-0.3, -0.25) is 9.59 Å². The van der Waals surface area contributed by atoms with Crippen molar-refractivity contribution in [2.75, 3.05) is 20.3 Å². The molecule has 0 aromatic carbocycles. The van der Waals surface area contributed by atoms with Crippen molar-refractivity contribution in [3.8, 4) is 0 Å². The maximum atomic E-state index is 11.5. The second-order valence-corrected chi connectivity index (χ2v) is 3.43. The quantitative estimate of drug-likeness (QED) is 0.667. The van der Waals surface area contributed by atoms with Crippen molar-refractivity contribution in [1.82, 2.24) is 4.90 Å². The number of piperidine rings is 1. The second-order valence-electron chi connectivity index (χ2n) is 3.43. The van der Waals surface area contributed by atoms with Crippen LogP contribution in [0.15, 0.2) is 0 Å². The van der Waals surface area contributed by atoms with Gasteiger partial charge in [-0.2, -0.15) is 0 Å². The first-order valence-electron chi connectivity index (χ1n) is 4.74. The van der Waals surface area contributed by atoms with Crippen LogP contribution in [0.2, 0.25) is 0 Å². The van der Waals surface area contributed by atoms with Crippen LogP contribution in [0.4, 0.5) is 0 Å². The molecular weight excluding hydrogens is 184 g/mol. The lowest BCUT2D eigenvalue weighted by molar-refractivity contribution is -0.144. The van der Waals surface area contributed by atoms with Gasteiger partial charge in [-0.15, -0.1) is 0 Å². The van der Waals surface area contributed by atoms with Crippen molar-refractivity contribution in [3.05, 3.63) is 0 Å². The van der Waals surface area contributed by atoms with E-state index >= 15 is 0 Å². The van der Waals surface area contributed by atoms with E-state index in [9.17, 15) is 9.59 Å². The van der Waals surface area contributed by atoms with Gasteiger partial charge in [0.25, 0.3) is 0 Å². The van der Waals surface area contributed by atoms with Gasteiger partial charge in [-0.05, 0) is 19.3 Å². The summed E-state index contributed by atoms with van der Waals surface area (Å²) in [5, 5.41) is 0. The number of hydrogen-bond donors (Lipinski definition) is 1. The van der Waals surface area contributed by atoms with Crippen LogP contribution in [0.1, 0.15) is 19.3 Å². The van der Waals surface area contributed by atoms with Crippen molar-refractivity contribution in [2.45, 2.75) is 25.3 Å². The smallest absolute Gasteiger partial charge is 0.249 e. The Balaban J connectivity index is 2.62. The molecule has 1 aliphatic heterocycles. The fourth-order valence-corrected chi connectivity index (χ4v) is 1.73. The highest BCUT2D eigenvalue weighted by atomic mass is 16.5. The van der Waals surface area contributed by atoms with Gasteiger partial charge in [0.1, 0.15) is 12.6 Å². The maximum absolute atomic E-state index is 11.5. The topological polar surface area (TPSA) is 72.6 Å². The molecule has 14 heavy (non-hydrogen) atoms. The number of rotatable bonds is 3. The SMILES string of the molecule is COCC(=O)N1CCCCC1C(N)=O. The Kier molecular flexibility index (Phi) is 3.88. The van der Waals surface area contributed by atoms with Crippen LogP contribution in [0.3, 0.4) is 0 Å². The van der Waals surface area contributed by atoms with E-state index in [1.165, 1.54) is 12.0 Å². The molecule has 1 fully saturated rings. The standard InChI is InChI=1S/C9H16N2O3/c1-14-6-8(12)11-5-3-2-4-7(11)9(10)13/h7H,2-6H2,1H3,(H2,10,13). The number of hydrogen-bond acceptors (Lipinski definition) is 3. The maximum Gasteiger partial charge on any atom is 0.249 e. The molecule has 0 radical (unpaired) electrons. The van der Waals surface area contributed by atoms with Crippen LogP contribution in [-0.2, 0) is 14.3 Å². The van der Waals surface area contributed by atoms with Gasteiger partial charge < -0.3 is 15.4 Å². The first kappa shape index (κ1) is 11.0. The van der Waals surface area contributed by atoms with Crippen LogP contribution in [0.5, 0.6) is 0 Å². The lowest BCUT2D eigenvalue weighted by Crippen LogP contribution is -2.51. The molecule has 0 saturated carbocycles. The minimum atomic E-state index is -0.439. The summed E-state index contributed by atoms with van der Waals surface area (Å²) in [6, 6.07) is -0.439. The van der Waals surface area contributed by atoms with E-state index in [0.717, 1.165) is 12.8 Å². The summed E-state index contributed by atoms with van der Waals surface area (Å²) in [4.78, 5) is 24.1. The number of likely N-dealkylation sites (tertiary alicyclic amines) is 1. The molecule has 1 atom stereocenters. The third-order valence-corrected chi connectivity index (χ3v) is 2.42. The molecule has 5 heteroatoms. The van der Waals surface area contributed by atoms with E-state index < -0.39 is 11.9 Å². The van der Waals surface area contributed by atoms with Gasteiger partial charge in [-0.1, -0.05) is 0 Å². The number of nitrogens with zero attached hydrogens (tertiary/aromatic N) is 1. The van der Waals surface area contributed by atoms with E-state index in [0.29, 0.717) is 13.0 Å². The first-order chi connectivity index (χ1) is 6.66. The largest absolute Gasteiger partial charge is 0.375 e. The second kappa shape index (κ2) is 4.95. The molecule has 1 aliphatic rings. The Hall–Kier alpha value is -1.10. The molecule has 1 rings (SSSR count). The van der Waals surface area contributed by atoms with Crippen molar-refractivity contribution in [3.63, 3.8) is 0 Å².